The van der Waals surface area contributed by atoms with Crippen molar-refractivity contribution in [2.75, 3.05) is 14.2 Å². The average molecular weight is 351 g/mol. The molecule has 1 aliphatic heterocycles. The molecular formula is C15H11ClN2O2S2. The van der Waals surface area contributed by atoms with Gasteiger partial charge in [-0.15, -0.1) is 0 Å². The highest BCUT2D eigenvalue weighted by molar-refractivity contribution is 8.26. The van der Waals surface area contributed by atoms with Crippen molar-refractivity contribution in [3.8, 4) is 5.75 Å². The lowest BCUT2D eigenvalue weighted by atomic mass is 10.2. The van der Waals surface area contributed by atoms with Crippen molar-refractivity contribution in [1.29, 1.82) is 0 Å². The van der Waals surface area contributed by atoms with Crippen molar-refractivity contribution < 1.29 is 9.53 Å². The third-order valence-electron chi connectivity index (χ3n) is 3.26. The molecule has 1 aromatic heterocycles. The third kappa shape index (κ3) is 2.69. The SMILES string of the molecule is COc1ccc2nc(/C=C3\SC(=S)N(C)C3=O)c(Cl)cc2c1. The molecule has 0 spiro atoms. The van der Waals surface area contributed by atoms with Crippen LogP contribution in [0, 0.1) is 0 Å². The quantitative estimate of drug-likeness (QED) is 0.610. The van der Waals surface area contributed by atoms with Crippen LogP contribution < -0.4 is 4.74 Å². The van der Waals surface area contributed by atoms with E-state index in [2.05, 4.69) is 4.98 Å². The number of hydrogen-bond acceptors (Lipinski definition) is 5. The normalized spacial score (nSPS) is 16.9. The minimum Gasteiger partial charge on any atom is -0.497 e. The first-order chi connectivity index (χ1) is 10.5. The van der Waals surface area contributed by atoms with Crippen molar-refractivity contribution >= 4 is 62.8 Å². The average Bonchev–Trinajstić information content (AvgIpc) is 2.75. The summed E-state index contributed by atoms with van der Waals surface area (Å²) in [4.78, 5) is 18.5. The highest BCUT2D eigenvalue weighted by atomic mass is 35.5. The van der Waals surface area contributed by atoms with E-state index in [0.717, 1.165) is 16.7 Å². The molecule has 2 aromatic rings. The number of amides is 1. The van der Waals surface area contributed by atoms with E-state index >= 15 is 0 Å². The van der Waals surface area contributed by atoms with Gasteiger partial charge in [0.2, 0.25) is 0 Å². The number of carbonyl (C=O) groups excluding carboxylic acids is 1. The first-order valence-corrected chi connectivity index (χ1v) is 7.95. The number of likely N-dealkylation sites (N-methyl/N-ethyl adjacent to an activating group) is 1. The van der Waals surface area contributed by atoms with Crippen molar-refractivity contribution in [2.45, 2.75) is 0 Å². The summed E-state index contributed by atoms with van der Waals surface area (Å²) in [7, 11) is 3.26. The number of halogens is 1. The summed E-state index contributed by atoms with van der Waals surface area (Å²) >= 11 is 12.6. The van der Waals surface area contributed by atoms with E-state index < -0.39 is 0 Å². The van der Waals surface area contributed by atoms with E-state index in [4.69, 9.17) is 28.6 Å². The van der Waals surface area contributed by atoms with E-state index in [1.165, 1.54) is 16.7 Å². The lowest BCUT2D eigenvalue weighted by molar-refractivity contribution is -0.121. The smallest absolute Gasteiger partial charge is 0.265 e. The zero-order chi connectivity index (χ0) is 15.9. The van der Waals surface area contributed by atoms with Crippen LogP contribution in [0.4, 0.5) is 0 Å². The zero-order valence-electron chi connectivity index (χ0n) is 11.8. The summed E-state index contributed by atoms with van der Waals surface area (Å²) in [5, 5.41) is 1.35. The van der Waals surface area contributed by atoms with E-state index in [1.54, 1.807) is 20.2 Å². The summed E-state index contributed by atoms with van der Waals surface area (Å²) in [5.41, 5.74) is 1.33. The Balaban J connectivity index is 2.07. The number of rotatable bonds is 2. The summed E-state index contributed by atoms with van der Waals surface area (Å²) in [6.45, 7) is 0. The van der Waals surface area contributed by atoms with Crippen LogP contribution in [0.1, 0.15) is 5.69 Å². The van der Waals surface area contributed by atoms with Crippen LogP contribution in [-0.2, 0) is 4.79 Å². The van der Waals surface area contributed by atoms with Gasteiger partial charge in [-0.25, -0.2) is 4.98 Å². The first kappa shape index (κ1) is 15.3. The van der Waals surface area contributed by atoms with Gasteiger partial charge in [0.1, 0.15) is 10.1 Å². The fourth-order valence-electron chi connectivity index (χ4n) is 2.04. The molecule has 1 fully saturated rings. The van der Waals surface area contributed by atoms with Crippen molar-refractivity contribution in [1.82, 2.24) is 9.88 Å². The highest BCUT2D eigenvalue weighted by Gasteiger charge is 2.29. The van der Waals surface area contributed by atoms with Crippen LogP contribution in [0.25, 0.3) is 17.0 Å². The second-order valence-electron chi connectivity index (χ2n) is 4.65. The Morgan fingerprint density at radius 1 is 1.41 bits per heavy atom. The Labute approximate surface area is 142 Å². The number of ether oxygens (including phenoxy) is 1. The Morgan fingerprint density at radius 2 is 2.18 bits per heavy atom. The Hall–Kier alpha value is -1.63. The van der Waals surface area contributed by atoms with Gasteiger partial charge >= 0.3 is 0 Å². The number of methoxy groups -OCH3 is 1. The number of aromatic nitrogens is 1. The third-order valence-corrected chi connectivity index (χ3v) is 5.04. The predicted molar refractivity (Wildman–Crippen MR) is 94.2 cm³/mol. The molecule has 1 aliphatic rings. The van der Waals surface area contributed by atoms with E-state index in [1.807, 2.05) is 24.3 Å². The largest absolute Gasteiger partial charge is 0.497 e. The van der Waals surface area contributed by atoms with Gasteiger partial charge in [0.25, 0.3) is 5.91 Å². The van der Waals surface area contributed by atoms with Gasteiger partial charge in [-0.2, -0.15) is 0 Å². The van der Waals surface area contributed by atoms with Crippen molar-refractivity contribution in [3.05, 3.63) is 39.9 Å². The lowest BCUT2D eigenvalue weighted by Crippen LogP contribution is -2.22. The van der Waals surface area contributed by atoms with Crippen LogP contribution in [0.15, 0.2) is 29.2 Å². The fraction of sp³-hybridized carbons (Fsp3) is 0.133. The molecule has 1 aromatic carbocycles. The number of thioether (sulfide) groups is 1. The van der Waals surface area contributed by atoms with Crippen LogP contribution in [0.2, 0.25) is 5.02 Å². The van der Waals surface area contributed by atoms with Crippen molar-refractivity contribution in [3.63, 3.8) is 0 Å². The number of nitrogens with zero attached hydrogens (tertiary/aromatic N) is 2. The molecule has 3 rings (SSSR count). The minimum atomic E-state index is -0.136. The summed E-state index contributed by atoms with van der Waals surface area (Å²) in [6.07, 6.45) is 1.68. The molecule has 0 atom stereocenters. The molecule has 7 heteroatoms. The maximum absolute atomic E-state index is 12.0. The second-order valence-corrected chi connectivity index (χ2v) is 6.74. The maximum Gasteiger partial charge on any atom is 0.265 e. The standard InChI is InChI=1S/C15H11ClN2O2S2/c1-18-14(19)13(22-15(18)21)7-12-10(16)6-8-5-9(20-2)3-4-11(8)17-12/h3-7H,1-2H3/b13-7-. The molecule has 0 bridgehead atoms. The number of benzene rings is 1. The number of hydrogen-bond donors (Lipinski definition) is 0. The fourth-order valence-corrected chi connectivity index (χ4v) is 3.41. The zero-order valence-corrected chi connectivity index (χ0v) is 14.2. The van der Waals surface area contributed by atoms with Gasteiger partial charge in [-0.3, -0.25) is 9.69 Å². The van der Waals surface area contributed by atoms with Crippen LogP contribution in [0.5, 0.6) is 5.75 Å². The summed E-state index contributed by atoms with van der Waals surface area (Å²) < 4.78 is 5.71. The van der Waals surface area contributed by atoms with Crippen LogP contribution >= 0.6 is 35.6 Å². The van der Waals surface area contributed by atoms with E-state index in [9.17, 15) is 4.79 Å². The number of carbonyl (C=O) groups is 1. The van der Waals surface area contributed by atoms with Gasteiger partial charge in [0.15, 0.2) is 0 Å². The molecule has 112 valence electrons. The molecule has 0 aliphatic carbocycles. The monoisotopic (exact) mass is 350 g/mol. The summed E-state index contributed by atoms with van der Waals surface area (Å²) in [5.74, 6) is 0.604. The molecule has 1 saturated heterocycles. The highest BCUT2D eigenvalue weighted by Crippen LogP contribution is 2.33. The Bertz CT molecular complexity index is 836. The van der Waals surface area contributed by atoms with Crippen LogP contribution in [0.3, 0.4) is 0 Å². The predicted octanol–water partition coefficient (Wildman–Crippen LogP) is 3.73. The number of thiocarbonyl (C=S) groups is 1. The molecular weight excluding hydrogens is 340 g/mol. The van der Waals surface area contributed by atoms with E-state index in [-0.39, 0.29) is 5.91 Å². The summed E-state index contributed by atoms with van der Waals surface area (Å²) in [6, 6.07) is 7.36. The maximum atomic E-state index is 12.0. The molecule has 1 amide bonds. The van der Waals surface area contributed by atoms with Crippen molar-refractivity contribution in [2.24, 2.45) is 0 Å². The number of fused-ring (bicyclic) bond motifs is 1. The molecule has 0 unspecified atom stereocenters. The van der Waals surface area contributed by atoms with E-state index in [0.29, 0.717) is 19.9 Å². The van der Waals surface area contributed by atoms with Gasteiger partial charge in [0, 0.05) is 12.4 Å². The second kappa shape index (κ2) is 5.87. The van der Waals surface area contributed by atoms with Crippen LogP contribution in [-0.4, -0.2) is 34.3 Å². The van der Waals surface area contributed by atoms with Gasteiger partial charge in [-0.1, -0.05) is 35.6 Å². The minimum absolute atomic E-state index is 0.136. The molecule has 0 N–H and O–H groups in total. The molecule has 4 nitrogen and oxygen atoms in total. The number of pyridine rings is 1. The molecule has 0 saturated carbocycles. The molecule has 22 heavy (non-hydrogen) atoms. The van der Waals surface area contributed by atoms with Gasteiger partial charge < -0.3 is 4.74 Å². The Morgan fingerprint density at radius 3 is 2.82 bits per heavy atom. The lowest BCUT2D eigenvalue weighted by Gasteiger charge is -2.05. The topological polar surface area (TPSA) is 42.4 Å². The van der Waals surface area contributed by atoms with Gasteiger partial charge in [0.05, 0.1) is 28.2 Å². The first-order valence-electron chi connectivity index (χ1n) is 6.35. The Kier molecular flexibility index (Phi) is 4.08. The molecule has 0 radical (unpaired) electrons. The molecule has 2 heterocycles. The van der Waals surface area contributed by atoms with Gasteiger partial charge in [-0.05, 0) is 30.3 Å².